The molecule has 0 aromatic heterocycles. The van der Waals surface area contributed by atoms with Crippen LogP contribution in [0.5, 0.6) is 11.5 Å². The summed E-state index contributed by atoms with van der Waals surface area (Å²) in [5.74, 6) is 1.52. The third-order valence-electron chi connectivity index (χ3n) is 4.96. The van der Waals surface area contributed by atoms with Crippen molar-refractivity contribution >= 4 is 11.8 Å². The van der Waals surface area contributed by atoms with Crippen molar-refractivity contribution in [2.45, 2.75) is 19.3 Å². The molecule has 1 saturated heterocycles. The summed E-state index contributed by atoms with van der Waals surface area (Å²) < 4.78 is 11.1. The van der Waals surface area contributed by atoms with Crippen LogP contribution in [-0.2, 0) is 9.59 Å². The van der Waals surface area contributed by atoms with Crippen molar-refractivity contribution < 1.29 is 19.1 Å². The highest BCUT2D eigenvalue weighted by molar-refractivity contribution is 5.80. The van der Waals surface area contributed by atoms with Gasteiger partial charge in [-0.2, -0.15) is 0 Å². The molecule has 0 radical (unpaired) electrons. The van der Waals surface area contributed by atoms with Gasteiger partial charge in [-0.3, -0.25) is 9.59 Å². The molecule has 154 valence electrons. The van der Waals surface area contributed by atoms with E-state index in [2.05, 4.69) is 5.32 Å². The van der Waals surface area contributed by atoms with Gasteiger partial charge in [-0.25, -0.2) is 0 Å². The minimum absolute atomic E-state index is 0.0301. The number of nitrogens with zero attached hydrogens (tertiary/aromatic N) is 1. The molecule has 0 aliphatic carbocycles. The van der Waals surface area contributed by atoms with Gasteiger partial charge in [0.2, 0.25) is 5.91 Å². The van der Waals surface area contributed by atoms with Crippen LogP contribution < -0.4 is 14.8 Å². The molecule has 29 heavy (non-hydrogen) atoms. The number of para-hydroxylation sites is 2. The Kier molecular flexibility index (Phi) is 7.92. The zero-order valence-corrected chi connectivity index (χ0v) is 16.6. The molecule has 1 aliphatic rings. The number of nitrogens with one attached hydrogen (secondary N) is 1. The number of ether oxygens (including phenoxy) is 2. The number of hydrogen-bond acceptors (Lipinski definition) is 4. The summed E-state index contributed by atoms with van der Waals surface area (Å²) in [4.78, 5) is 26.4. The zero-order chi connectivity index (χ0) is 20.3. The largest absolute Gasteiger partial charge is 0.494 e. The van der Waals surface area contributed by atoms with Gasteiger partial charge in [-0.15, -0.1) is 0 Å². The van der Waals surface area contributed by atoms with Crippen molar-refractivity contribution in [1.29, 1.82) is 0 Å². The molecule has 6 heteroatoms. The third kappa shape index (κ3) is 6.82. The molecular formula is C23H28N2O4. The fraction of sp³-hybridized carbons (Fsp3) is 0.391. The SMILES string of the molecule is O=C(NCCCOc1ccccc1)C1CCN(C(=O)COc2ccccc2)CC1. The Bertz CT molecular complexity index is 759. The molecule has 6 nitrogen and oxygen atoms in total. The molecule has 2 aromatic carbocycles. The maximum absolute atomic E-state index is 12.3. The molecule has 0 spiro atoms. The summed E-state index contributed by atoms with van der Waals surface area (Å²) in [7, 11) is 0. The van der Waals surface area contributed by atoms with Gasteiger partial charge in [-0.1, -0.05) is 36.4 Å². The fourth-order valence-corrected chi connectivity index (χ4v) is 3.28. The van der Waals surface area contributed by atoms with E-state index >= 15 is 0 Å². The lowest BCUT2D eigenvalue weighted by atomic mass is 9.96. The first-order valence-electron chi connectivity index (χ1n) is 10.1. The molecule has 1 heterocycles. The van der Waals surface area contributed by atoms with Crippen molar-refractivity contribution in [1.82, 2.24) is 10.2 Å². The lowest BCUT2D eigenvalue weighted by molar-refractivity contribution is -0.137. The van der Waals surface area contributed by atoms with Crippen molar-refractivity contribution in [3.8, 4) is 11.5 Å². The van der Waals surface area contributed by atoms with Crippen LogP contribution in [0.1, 0.15) is 19.3 Å². The quantitative estimate of drug-likeness (QED) is 0.662. The minimum atomic E-state index is -0.0378. The average Bonchev–Trinajstić information content (AvgIpc) is 2.78. The van der Waals surface area contributed by atoms with Crippen LogP contribution in [-0.4, -0.2) is 49.6 Å². The second-order valence-electron chi connectivity index (χ2n) is 7.06. The zero-order valence-electron chi connectivity index (χ0n) is 16.6. The topological polar surface area (TPSA) is 67.9 Å². The number of amides is 2. The maximum Gasteiger partial charge on any atom is 0.260 e. The van der Waals surface area contributed by atoms with Gasteiger partial charge in [0.25, 0.3) is 5.91 Å². The summed E-state index contributed by atoms with van der Waals surface area (Å²) in [6, 6.07) is 18.9. The average molecular weight is 396 g/mol. The summed E-state index contributed by atoms with van der Waals surface area (Å²) in [6.45, 7) is 2.37. The van der Waals surface area contributed by atoms with E-state index in [0.717, 1.165) is 12.2 Å². The highest BCUT2D eigenvalue weighted by atomic mass is 16.5. The van der Waals surface area contributed by atoms with E-state index in [1.807, 2.05) is 60.7 Å². The van der Waals surface area contributed by atoms with Crippen LogP contribution in [0.2, 0.25) is 0 Å². The molecule has 0 bridgehead atoms. The van der Waals surface area contributed by atoms with Crippen LogP contribution in [0, 0.1) is 5.92 Å². The molecule has 1 aliphatic heterocycles. The van der Waals surface area contributed by atoms with E-state index < -0.39 is 0 Å². The van der Waals surface area contributed by atoms with Crippen LogP contribution in [0.4, 0.5) is 0 Å². The lowest BCUT2D eigenvalue weighted by Gasteiger charge is -2.31. The molecule has 2 amide bonds. The van der Waals surface area contributed by atoms with Crippen molar-refractivity contribution in [2.75, 3.05) is 32.8 Å². The van der Waals surface area contributed by atoms with Gasteiger partial charge in [0.15, 0.2) is 6.61 Å². The van der Waals surface area contributed by atoms with Gasteiger partial charge in [0.05, 0.1) is 6.61 Å². The molecule has 0 unspecified atom stereocenters. The summed E-state index contributed by atoms with van der Waals surface area (Å²) >= 11 is 0. The Hall–Kier alpha value is -3.02. The summed E-state index contributed by atoms with van der Waals surface area (Å²) in [5.41, 5.74) is 0. The van der Waals surface area contributed by atoms with E-state index in [9.17, 15) is 9.59 Å². The van der Waals surface area contributed by atoms with Crippen LogP contribution in [0.3, 0.4) is 0 Å². The second-order valence-corrected chi connectivity index (χ2v) is 7.06. The predicted octanol–water partition coefficient (Wildman–Crippen LogP) is 2.89. The Labute approximate surface area is 171 Å². The summed E-state index contributed by atoms with van der Waals surface area (Å²) in [5, 5.41) is 2.98. The van der Waals surface area contributed by atoms with Crippen LogP contribution in [0.15, 0.2) is 60.7 Å². The van der Waals surface area contributed by atoms with E-state index in [-0.39, 0.29) is 24.3 Å². The lowest BCUT2D eigenvalue weighted by Crippen LogP contribution is -2.44. The van der Waals surface area contributed by atoms with Gasteiger partial charge in [0, 0.05) is 25.6 Å². The molecule has 0 saturated carbocycles. The minimum Gasteiger partial charge on any atom is -0.494 e. The van der Waals surface area contributed by atoms with E-state index in [4.69, 9.17) is 9.47 Å². The van der Waals surface area contributed by atoms with Crippen LogP contribution >= 0.6 is 0 Å². The van der Waals surface area contributed by atoms with Crippen LogP contribution in [0.25, 0.3) is 0 Å². The standard InChI is InChI=1S/C23H28N2O4/c26-22(18-29-21-10-5-2-6-11-21)25-15-12-19(13-16-25)23(27)24-14-7-17-28-20-8-3-1-4-9-20/h1-6,8-11,19H,7,12-18H2,(H,24,27). The first kappa shape index (κ1) is 20.7. The Morgan fingerprint density at radius 3 is 2.10 bits per heavy atom. The fourth-order valence-electron chi connectivity index (χ4n) is 3.28. The molecule has 1 fully saturated rings. The Morgan fingerprint density at radius 2 is 1.48 bits per heavy atom. The highest BCUT2D eigenvalue weighted by Crippen LogP contribution is 2.18. The molecule has 2 aromatic rings. The number of carbonyl (C=O) groups is 2. The van der Waals surface area contributed by atoms with E-state index in [0.29, 0.717) is 44.8 Å². The Balaban J connectivity index is 1.28. The predicted molar refractivity (Wildman–Crippen MR) is 111 cm³/mol. The summed E-state index contributed by atoms with van der Waals surface area (Å²) in [6.07, 6.45) is 2.13. The maximum atomic E-state index is 12.3. The van der Waals surface area contributed by atoms with Gasteiger partial charge in [-0.05, 0) is 43.5 Å². The van der Waals surface area contributed by atoms with E-state index in [1.165, 1.54) is 0 Å². The van der Waals surface area contributed by atoms with Crippen molar-refractivity contribution in [3.05, 3.63) is 60.7 Å². The molecule has 1 N–H and O–H groups in total. The molecule has 3 rings (SSSR count). The molecule has 0 atom stereocenters. The number of carbonyl (C=O) groups excluding carboxylic acids is 2. The monoisotopic (exact) mass is 396 g/mol. The number of likely N-dealkylation sites (tertiary alicyclic amines) is 1. The Morgan fingerprint density at radius 1 is 0.897 bits per heavy atom. The van der Waals surface area contributed by atoms with E-state index in [1.54, 1.807) is 4.90 Å². The van der Waals surface area contributed by atoms with Gasteiger partial charge in [0.1, 0.15) is 11.5 Å². The number of hydrogen-bond donors (Lipinski definition) is 1. The highest BCUT2D eigenvalue weighted by Gasteiger charge is 2.27. The van der Waals surface area contributed by atoms with Crippen molar-refractivity contribution in [2.24, 2.45) is 5.92 Å². The number of piperidine rings is 1. The number of benzene rings is 2. The van der Waals surface area contributed by atoms with Gasteiger partial charge >= 0.3 is 0 Å². The normalized spacial score (nSPS) is 14.3. The third-order valence-corrected chi connectivity index (χ3v) is 4.96. The first-order valence-corrected chi connectivity index (χ1v) is 10.1. The number of rotatable bonds is 9. The first-order chi connectivity index (χ1) is 14.2. The second kappa shape index (κ2) is 11.1. The smallest absolute Gasteiger partial charge is 0.260 e. The van der Waals surface area contributed by atoms with Gasteiger partial charge < -0.3 is 19.7 Å². The van der Waals surface area contributed by atoms with Crippen molar-refractivity contribution in [3.63, 3.8) is 0 Å². The molecular weight excluding hydrogens is 368 g/mol.